The molecule has 0 spiro atoms. The highest BCUT2D eigenvalue weighted by Crippen LogP contribution is 2.30. The number of allylic oxidation sites excluding steroid dienone is 3. The van der Waals surface area contributed by atoms with E-state index < -0.39 is 5.97 Å². The fraction of sp³-hybridized carbons (Fsp3) is 0.481. The third kappa shape index (κ3) is 8.54. The monoisotopic (exact) mass is 547 g/mol. The summed E-state index contributed by atoms with van der Waals surface area (Å²) in [5.74, 6) is -0.745. The Hall–Kier alpha value is -2.58. The normalized spacial score (nSPS) is 14.2. The Bertz CT molecular complexity index is 1040. The number of carboxylic acids is 1. The molecule has 1 unspecified atom stereocenters. The summed E-state index contributed by atoms with van der Waals surface area (Å²) in [5.41, 5.74) is 10.2. The Morgan fingerprint density at radius 3 is 2.63 bits per heavy atom. The van der Waals surface area contributed by atoms with Gasteiger partial charge in [-0.25, -0.2) is 0 Å². The van der Waals surface area contributed by atoms with Crippen molar-refractivity contribution < 1.29 is 19.1 Å². The second-order valence-electron chi connectivity index (χ2n) is 9.07. The number of nitrogens with two attached hydrogens (primary N) is 1. The molecule has 0 aliphatic carbocycles. The van der Waals surface area contributed by atoms with E-state index in [4.69, 9.17) is 15.3 Å². The van der Waals surface area contributed by atoms with Crippen LogP contribution in [-0.4, -0.2) is 47.6 Å². The van der Waals surface area contributed by atoms with Crippen LogP contribution >= 0.6 is 15.9 Å². The molecule has 1 aromatic carbocycles. The van der Waals surface area contributed by atoms with Crippen LogP contribution in [-0.2, 0) is 16.0 Å². The zero-order valence-electron chi connectivity index (χ0n) is 21.2. The van der Waals surface area contributed by atoms with Crippen LogP contribution in [0.15, 0.2) is 51.2 Å². The molecule has 1 atom stereocenters. The lowest BCUT2D eigenvalue weighted by molar-refractivity contribution is -0.136. The Kier molecular flexibility index (Phi) is 11.5. The number of carbonyl (C=O) groups excluding carboxylic acids is 1. The highest BCUT2D eigenvalue weighted by atomic mass is 79.9. The number of amides is 1. The van der Waals surface area contributed by atoms with Gasteiger partial charge in [-0.2, -0.15) is 0 Å². The van der Waals surface area contributed by atoms with Gasteiger partial charge in [0.1, 0.15) is 5.58 Å². The van der Waals surface area contributed by atoms with Crippen LogP contribution in [0.1, 0.15) is 58.9 Å². The zero-order chi connectivity index (χ0) is 26.0. The molecule has 1 amide bonds. The standard InChI is InChI=1S/C24H32BrN3O2.C3H6O2/c1-17(2)28-11-6-7-22(25)23(28)8-4-5-10-27(16-29)21-14-19-9-12-30-24(19)20(15-21)13-18(3)26;1-2-3(4)5/h6-7,9,12,14-18H,4-5,8,10-11,13,26H2,1-3H3;2H2,1H3,(H,4,5). The highest BCUT2D eigenvalue weighted by molar-refractivity contribution is 9.11. The fourth-order valence-corrected chi connectivity index (χ4v) is 4.63. The minimum atomic E-state index is -0.745. The molecule has 3 rings (SSSR count). The molecule has 1 aromatic heterocycles. The Morgan fingerprint density at radius 1 is 1.31 bits per heavy atom. The molecule has 0 saturated heterocycles. The van der Waals surface area contributed by atoms with Gasteiger partial charge in [-0.15, -0.1) is 0 Å². The van der Waals surface area contributed by atoms with E-state index in [1.807, 2.05) is 25.1 Å². The van der Waals surface area contributed by atoms with Gasteiger partial charge in [-0.05, 0) is 92.2 Å². The second kappa shape index (κ2) is 14.1. The van der Waals surface area contributed by atoms with Crippen LogP contribution in [0.4, 0.5) is 5.69 Å². The molecule has 35 heavy (non-hydrogen) atoms. The van der Waals surface area contributed by atoms with E-state index in [9.17, 15) is 9.59 Å². The van der Waals surface area contributed by atoms with Gasteiger partial charge in [0.2, 0.25) is 6.41 Å². The van der Waals surface area contributed by atoms with Gasteiger partial charge in [0, 0.05) is 52.8 Å². The summed E-state index contributed by atoms with van der Waals surface area (Å²) in [5, 5.41) is 8.73. The fourth-order valence-electron chi connectivity index (χ4n) is 4.02. The second-order valence-corrected chi connectivity index (χ2v) is 9.93. The lowest BCUT2D eigenvalue weighted by Crippen LogP contribution is -2.32. The number of aliphatic carboxylic acids is 1. The third-order valence-electron chi connectivity index (χ3n) is 5.79. The van der Waals surface area contributed by atoms with Crippen molar-refractivity contribution in [2.75, 3.05) is 18.0 Å². The molecule has 1 aliphatic heterocycles. The highest BCUT2D eigenvalue weighted by Gasteiger charge is 2.18. The number of fused-ring (bicyclic) bond motifs is 1. The molecule has 0 radical (unpaired) electrons. The number of hydrogen-bond acceptors (Lipinski definition) is 5. The van der Waals surface area contributed by atoms with Crippen LogP contribution < -0.4 is 10.6 Å². The molecule has 2 aromatic rings. The van der Waals surface area contributed by atoms with Gasteiger partial charge in [0.25, 0.3) is 0 Å². The summed E-state index contributed by atoms with van der Waals surface area (Å²) in [7, 11) is 0. The number of unbranched alkanes of at least 4 members (excludes halogenated alkanes) is 1. The van der Waals surface area contributed by atoms with Gasteiger partial charge in [0.15, 0.2) is 0 Å². The lowest BCUT2D eigenvalue weighted by Gasteiger charge is -2.33. The SMILES string of the molecule is CC(N)Cc1cc(N(C=O)CCCCC2=C(Br)C=CCN2C(C)C)cc2ccoc12.CCC(=O)O. The molecule has 192 valence electrons. The molecular formula is C27H38BrN3O4. The molecule has 1 aliphatic rings. The number of carboxylic acid groups (broad SMARTS) is 1. The first-order chi connectivity index (χ1) is 16.7. The van der Waals surface area contributed by atoms with E-state index >= 15 is 0 Å². The molecule has 3 N–H and O–H groups in total. The van der Waals surface area contributed by atoms with E-state index in [0.717, 1.165) is 54.4 Å². The maximum Gasteiger partial charge on any atom is 0.303 e. The lowest BCUT2D eigenvalue weighted by atomic mass is 10.0. The maximum absolute atomic E-state index is 11.8. The van der Waals surface area contributed by atoms with Gasteiger partial charge in [-0.3, -0.25) is 9.59 Å². The summed E-state index contributed by atoms with van der Waals surface area (Å²) in [6.07, 6.45) is 10.8. The molecule has 8 heteroatoms. The first-order valence-corrected chi connectivity index (χ1v) is 13.0. The minimum absolute atomic E-state index is 0.0263. The van der Waals surface area contributed by atoms with E-state index in [1.165, 1.54) is 10.2 Å². The summed E-state index contributed by atoms with van der Waals surface area (Å²) in [6.45, 7) is 9.66. The minimum Gasteiger partial charge on any atom is -0.481 e. The Labute approximate surface area is 216 Å². The third-order valence-corrected chi connectivity index (χ3v) is 6.51. The van der Waals surface area contributed by atoms with E-state index in [1.54, 1.807) is 18.1 Å². The predicted molar refractivity (Wildman–Crippen MR) is 146 cm³/mol. The van der Waals surface area contributed by atoms with E-state index in [2.05, 4.69) is 46.8 Å². The first kappa shape index (κ1) is 28.7. The van der Waals surface area contributed by atoms with Gasteiger partial charge < -0.3 is 25.1 Å². The summed E-state index contributed by atoms with van der Waals surface area (Å²) in [4.78, 5) is 25.4. The van der Waals surface area contributed by atoms with Crippen LogP contribution in [0.2, 0.25) is 0 Å². The van der Waals surface area contributed by atoms with Crippen LogP contribution in [0, 0.1) is 0 Å². The van der Waals surface area contributed by atoms with Crippen molar-refractivity contribution in [3.8, 4) is 0 Å². The van der Waals surface area contributed by atoms with Crippen molar-refractivity contribution in [2.24, 2.45) is 5.73 Å². The Morgan fingerprint density at radius 2 is 2.03 bits per heavy atom. The summed E-state index contributed by atoms with van der Waals surface area (Å²) >= 11 is 3.71. The number of furan rings is 1. The van der Waals surface area contributed by atoms with Gasteiger partial charge >= 0.3 is 5.97 Å². The molecule has 2 heterocycles. The summed E-state index contributed by atoms with van der Waals surface area (Å²) in [6, 6.07) is 6.49. The topological polar surface area (TPSA) is 100 Å². The molecule has 0 fully saturated rings. The van der Waals surface area contributed by atoms with Crippen molar-refractivity contribution in [1.82, 2.24) is 4.90 Å². The number of hydrogen-bond donors (Lipinski definition) is 2. The van der Waals surface area contributed by atoms with Crippen molar-refractivity contribution in [2.45, 2.75) is 71.9 Å². The van der Waals surface area contributed by atoms with Crippen molar-refractivity contribution in [3.63, 3.8) is 0 Å². The largest absolute Gasteiger partial charge is 0.481 e. The van der Waals surface area contributed by atoms with E-state index in [0.29, 0.717) is 19.0 Å². The van der Waals surface area contributed by atoms with Crippen LogP contribution in [0.25, 0.3) is 11.0 Å². The molecule has 0 saturated carbocycles. The van der Waals surface area contributed by atoms with Crippen molar-refractivity contribution in [1.29, 1.82) is 0 Å². The summed E-state index contributed by atoms with van der Waals surface area (Å²) < 4.78 is 6.81. The van der Waals surface area contributed by atoms with Crippen molar-refractivity contribution >= 4 is 45.0 Å². The number of carbonyl (C=O) groups is 2. The van der Waals surface area contributed by atoms with Gasteiger partial charge in [-0.1, -0.05) is 13.0 Å². The van der Waals surface area contributed by atoms with E-state index in [-0.39, 0.29) is 12.5 Å². The molecule has 0 bridgehead atoms. The quantitative estimate of drug-likeness (QED) is 0.271. The molecule has 7 nitrogen and oxygen atoms in total. The first-order valence-electron chi connectivity index (χ1n) is 12.2. The zero-order valence-corrected chi connectivity index (χ0v) is 22.8. The number of halogens is 1. The van der Waals surface area contributed by atoms with Crippen molar-refractivity contribution in [3.05, 3.63) is 52.4 Å². The number of nitrogens with zero attached hydrogens (tertiary/aromatic N) is 2. The maximum atomic E-state index is 11.8. The Balaban J connectivity index is 0.000000784. The van der Waals surface area contributed by atoms with Crippen LogP contribution in [0.3, 0.4) is 0 Å². The predicted octanol–water partition coefficient (Wildman–Crippen LogP) is 5.82. The molecular weight excluding hydrogens is 510 g/mol. The van der Waals surface area contributed by atoms with Gasteiger partial charge in [0.05, 0.1) is 6.26 Å². The average molecular weight is 549 g/mol. The van der Waals surface area contributed by atoms with Crippen LogP contribution in [0.5, 0.6) is 0 Å². The number of benzene rings is 1. The number of rotatable bonds is 11. The smallest absolute Gasteiger partial charge is 0.303 e. The average Bonchev–Trinajstić information content (AvgIpc) is 3.29. The number of anilines is 1.